The maximum Gasteiger partial charge on any atom is 0.427 e. The first-order chi connectivity index (χ1) is 64.9. The van der Waals surface area contributed by atoms with Gasteiger partial charge < -0.3 is 38.1 Å². The minimum Gasteiger partial charge on any atom is -0.551 e. The molecule has 662 valence electrons. The third-order valence-electron chi connectivity index (χ3n) is 27.9. The van der Waals surface area contributed by atoms with Crippen LogP contribution in [0.25, 0.3) is 44.5 Å². The largest absolute Gasteiger partial charge is 0.551 e. The first-order valence-corrected chi connectivity index (χ1v) is 48.1. The molecule has 0 aliphatic carbocycles. The molecular formula is C123H118B2N2O6. The third kappa shape index (κ3) is 17.2. The fourth-order valence-electron chi connectivity index (χ4n) is 21.2. The Morgan fingerprint density at radius 2 is 0.707 bits per heavy atom. The molecule has 0 saturated heterocycles. The van der Waals surface area contributed by atoms with E-state index in [-0.39, 0.29) is 31.5 Å². The Kier molecular flexibility index (Phi) is 25.3. The molecule has 10 heteroatoms. The molecule has 0 saturated carbocycles. The molecule has 2 unspecified atom stereocenters. The van der Waals surface area contributed by atoms with E-state index in [1.165, 1.54) is 115 Å². The van der Waals surface area contributed by atoms with E-state index in [9.17, 15) is 0 Å². The molecule has 16 aromatic rings. The summed E-state index contributed by atoms with van der Waals surface area (Å²) in [5.41, 5.74) is 35.1. The van der Waals surface area contributed by atoms with Crippen LogP contribution in [0.5, 0.6) is 46.0 Å². The van der Waals surface area contributed by atoms with Crippen molar-refractivity contribution in [3.8, 4) is 90.5 Å². The predicted molar refractivity (Wildman–Crippen MR) is 556 cm³/mol. The quantitative estimate of drug-likeness (QED) is 0.0393. The average molecular weight is 1740 g/mol. The number of rotatable bonds is 26. The van der Waals surface area contributed by atoms with Gasteiger partial charge in [0, 0.05) is 34.0 Å². The molecule has 4 heterocycles. The minimum absolute atomic E-state index is 0.130. The highest BCUT2D eigenvalue weighted by Gasteiger charge is 2.49. The van der Waals surface area contributed by atoms with E-state index in [4.69, 9.17) is 28.3 Å². The van der Waals surface area contributed by atoms with Gasteiger partial charge in [0.1, 0.15) is 46.0 Å². The molecule has 2 atom stereocenters. The monoisotopic (exact) mass is 1740 g/mol. The molecule has 0 radical (unpaired) electrons. The summed E-state index contributed by atoms with van der Waals surface area (Å²) in [6, 6.07) is 125. The fraction of sp³-hybridized carbons (Fsp3) is 0.220. The summed E-state index contributed by atoms with van der Waals surface area (Å²) in [4.78, 5) is 4.96. The van der Waals surface area contributed by atoms with Gasteiger partial charge in [-0.2, -0.15) is 0 Å². The lowest BCUT2D eigenvalue weighted by molar-refractivity contribution is 0.171. The Hall–Kier alpha value is -14.0. The van der Waals surface area contributed by atoms with E-state index < -0.39 is 5.41 Å². The first-order valence-electron chi connectivity index (χ1n) is 48.1. The van der Waals surface area contributed by atoms with Crippen LogP contribution in [0.2, 0.25) is 0 Å². The summed E-state index contributed by atoms with van der Waals surface area (Å²) in [6.45, 7) is 28.6. The fourth-order valence-corrected chi connectivity index (χ4v) is 21.2. The molecule has 20 rings (SSSR count). The van der Waals surface area contributed by atoms with E-state index in [1.807, 2.05) is 72.8 Å². The highest BCUT2D eigenvalue weighted by molar-refractivity contribution is 6.83. The second kappa shape index (κ2) is 38.1. The lowest BCUT2D eigenvalue weighted by atomic mass is 9.50. The van der Waals surface area contributed by atoms with Gasteiger partial charge >= 0.3 is 13.8 Å². The molecule has 4 aliphatic heterocycles. The zero-order valence-corrected chi connectivity index (χ0v) is 79.1. The molecule has 0 aromatic heterocycles. The third-order valence-corrected chi connectivity index (χ3v) is 27.9. The molecular weight excluding hydrogens is 1620 g/mol. The molecule has 4 aliphatic rings. The molecule has 8 nitrogen and oxygen atoms in total. The average Bonchev–Trinajstić information content (AvgIpc) is 0.681. The van der Waals surface area contributed by atoms with Crippen molar-refractivity contribution in [3.05, 3.63) is 418 Å². The van der Waals surface area contributed by atoms with Gasteiger partial charge in [0.25, 0.3) is 0 Å². The van der Waals surface area contributed by atoms with E-state index in [1.54, 1.807) is 0 Å². The van der Waals surface area contributed by atoms with Crippen LogP contribution >= 0.6 is 0 Å². The van der Waals surface area contributed by atoms with Crippen molar-refractivity contribution in [1.29, 1.82) is 0 Å². The molecule has 16 aromatic carbocycles. The maximum atomic E-state index is 7.25. The van der Waals surface area contributed by atoms with Crippen LogP contribution in [0.1, 0.15) is 178 Å². The molecule has 0 N–H and O–H groups in total. The van der Waals surface area contributed by atoms with Crippen LogP contribution in [0, 0.1) is 48.5 Å². The highest BCUT2D eigenvalue weighted by Crippen LogP contribution is 2.60. The number of fused-ring (bicyclic) bond motifs is 10. The Morgan fingerprint density at radius 3 is 1.14 bits per heavy atom. The Morgan fingerprint density at radius 1 is 0.316 bits per heavy atom. The van der Waals surface area contributed by atoms with Gasteiger partial charge in [-0.15, -0.1) is 0 Å². The lowest BCUT2D eigenvalue weighted by Gasteiger charge is -2.47. The van der Waals surface area contributed by atoms with Crippen LogP contribution in [-0.2, 0) is 10.8 Å². The molecule has 0 spiro atoms. The van der Waals surface area contributed by atoms with Gasteiger partial charge in [0.2, 0.25) is 0 Å². The Bertz CT molecular complexity index is 6650. The van der Waals surface area contributed by atoms with Crippen molar-refractivity contribution in [3.63, 3.8) is 0 Å². The second-order valence-corrected chi connectivity index (χ2v) is 37.3. The number of nitrogens with zero attached hydrogens (tertiary/aromatic N) is 2. The summed E-state index contributed by atoms with van der Waals surface area (Å²) in [6.07, 6.45) is 11.4. The molecule has 133 heavy (non-hydrogen) atoms. The van der Waals surface area contributed by atoms with Crippen molar-refractivity contribution >= 4 is 69.8 Å². The molecule has 0 bridgehead atoms. The normalized spacial score (nSPS) is 13.7. The summed E-state index contributed by atoms with van der Waals surface area (Å²) in [5.74, 6) is 6.68. The van der Waals surface area contributed by atoms with Crippen molar-refractivity contribution in [2.45, 2.75) is 177 Å². The highest BCUT2D eigenvalue weighted by atomic mass is 16.5. The summed E-state index contributed by atoms with van der Waals surface area (Å²) < 4.78 is 41.5. The van der Waals surface area contributed by atoms with Crippen molar-refractivity contribution in [1.82, 2.24) is 0 Å². The zero-order chi connectivity index (χ0) is 91.6. The van der Waals surface area contributed by atoms with Crippen LogP contribution in [0.3, 0.4) is 0 Å². The first kappa shape index (κ1) is 88.3. The summed E-state index contributed by atoms with van der Waals surface area (Å²) in [7, 11) is 0. The smallest absolute Gasteiger partial charge is 0.427 e. The summed E-state index contributed by atoms with van der Waals surface area (Å²) in [5, 5.41) is 0. The van der Waals surface area contributed by atoms with Crippen LogP contribution in [-0.4, -0.2) is 26.0 Å². The Balaban J connectivity index is 0.000000172. The van der Waals surface area contributed by atoms with Crippen LogP contribution in [0.4, 0.5) is 34.1 Å². The van der Waals surface area contributed by atoms with E-state index >= 15 is 0 Å². The predicted octanol–water partition coefficient (Wildman–Crippen LogP) is 30.5. The van der Waals surface area contributed by atoms with Crippen molar-refractivity contribution in [2.75, 3.05) is 9.80 Å². The van der Waals surface area contributed by atoms with Crippen molar-refractivity contribution in [2.24, 2.45) is 0 Å². The second-order valence-electron chi connectivity index (χ2n) is 37.3. The number of hydrogen-bond donors (Lipinski definition) is 0. The van der Waals surface area contributed by atoms with Gasteiger partial charge in [0.05, 0.1) is 40.4 Å². The number of ether oxygens (including phenoxy) is 4. The van der Waals surface area contributed by atoms with Gasteiger partial charge in [-0.25, -0.2) is 0 Å². The lowest BCUT2D eigenvalue weighted by Crippen LogP contribution is -2.52. The zero-order valence-electron chi connectivity index (χ0n) is 79.1. The number of para-hydroxylation sites is 4. The maximum absolute atomic E-state index is 7.25. The number of aryl methyl sites for hydroxylation is 5. The minimum atomic E-state index is -0.800. The standard InChI is InChI=1S/C63H70BNO3.C60H48BNO3/c1-9-13-17-29-50(11-3)66-60-42-61(67-51(12-4)30-18-14-10-2)44(6)62(43(60)5)64-56-36-35-49(41-53(56)52-31-23-24-32-59(52)68-64)65-57-37-33-47(45-25-19-15-20-26-45)39-54(57)63(7,8)55-40-48(34-38-58(55)65)46-27-21-16-22-28-46;1-39-26-30-56-53(34-39)60(44-16-14-22-49(36-44)63-47-18-8-6-9-19-47,45-17-15-23-50(37-45)64-48-20-10-7-11-21-48)54-35-40(2)27-31-57(54)62(56)46-28-29-55-52(38-46)51-24-12-13-25-58(51)65-61(55)59-42(4)32-41(3)33-43(59)5/h15-16,19-28,31-42,50-51H,9-14,17-18,29-30H2,1-8H3;6-38H,1-5H3. The number of hydrogen-bond acceptors (Lipinski definition) is 8. The summed E-state index contributed by atoms with van der Waals surface area (Å²) >= 11 is 0. The van der Waals surface area contributed by atoms with Crippen LogP contribution in [0.15, 0.2) is 346 Å². The van der Waals surface area contributed by atoms with Gasteiger partial charge in [-0.05, 0) is 308 Å². The van der Waals surface area contributed by atoms with Gasteiger partial charge in [0.15, 0.2) is 0 Å². The van der Waals surface area contributed by atoms with Gasteiger partial charge in [-0.1, -0.05) is 313 Å². The SMILES string of the molecule is CCCCCC(CC)Oc1cc(OC(CC)CCCCC)c(C)c(B2Oc3ccccc3-c3cc(N4c5ccc(-c6ccccc6)cc5C(C)(C)c5cc(-c6ccccc6)ccc54)ccc32)c1C.Cc1cc(C)c(B2Oc3ccccc3-c3cc(N4c5ccc(C)cc5C(c5cccc(Oc6ccccc6)c5)(c5cccc(Oc6ccccc6)c5)c5cc(C)ccc54)ccc32)c(C)c1. The number of unbranched alkanes of at least 4 members (excludes halogenated alkanes) is 4. The number of anilines is 6. The van der Waals surface area contributed by atoms with Crippen LogP contribution < -0.4 is 59.9 Å². The topological polar surface area (TPSA) is 61.9 Å². The van der Waals surface area contributed by atoms with E-state index in [2.05, 4.69) is 373 Å². The molecule has 0 fully saturated rings. The van der Waals surface area contributed by atoms with E-state index in [0.717, 1.165) is 168 Å². The Labute approximate surface area is 788 Å². The van der Waals surface area contributed by atoms with E-state index in [0.29, 0.717) is 0 Å². The van der Waals surface area contributed by atoms with Crippen molar-refractivity contribution < 1.29 is 28.3 Å². The van der Waals surface area contributed by atoms with Gasteiger partial charge in [-0.3, -0.25) is 0 Å². The molecule has 0 amide bonds. The number of benzene rings is 16.